The molecule has 0 spiro atoms. The van der Waals surface area contributed by atoms with Gasteiger partial charge in [0.2, 0.25) is 11.1 Å². The minimum absolute atomic E-state index is 0.254. The Labute approximate surface area is 230 Å². The summed E-state index contributed by atoms with van der Waals surface area (Å²) in [4.78, 5) is 18.4. The third-order valence-corrected chi connectivity index (χ3v) is 7.41. The number of ether oxygens (including phenoxy) is 2. The molecule has 1 unspecified atom stereocenters. The molecule has 5 rings (SSSR count). The molecule has 0 aliphatic carbocycles. The molecule has 4 aromatic rings. The summed E-state index contributed by atoms with van der Waals surface area (Å²) in [5.41, 5.74) is 3.60. The molecule has 1 aliphatic rings. The van der Waals surface area contributed by atoms with Gasteiger partial charge in [0, 0.05) is 33.8 Å². The highest BCUT2D eigenvalue weighted by Crippen LogP contribution is 2.41. The second kappa shape index (κ2) is 11.2. The van der Waals surface area contributed by atoms with Gasteiger partial charge in [0.25, 0.3) is 5.91 Å². The first-order valence-corrected chi connectivity index (χ1v) is 13.2. The Morgan fingerprint density at radius 2 is 1.84 bits per heavy atom. The molecule has 10 heteroatoms. The fourth-order valence-corrected chi connectivity index (χ4v) is 5.41. The highest BCUT2D eigenvalue weighted by Gasteiger charge is 2.36. The molecule has 0 saturated heterocycles. The van der Waals surface area contributed by atoms with Gasteiger partial charge in [-0.05, 0) is 42.8 Å². The van der Waals surface area contributed by atoms with Crippen LogP contribution in [0.5, 0.6) is 11.5 Å². The van der Waals surface area contributed by atoms with Crippen molar-refractivity contribution in [2.45, 2.75) is 23.9 Å². The van der Waals surface area contributed by atoms with Crippen LogP contribution < -0.4 is 20.1 Å². The summed E-state index contributed by atoms with van der Waals surface area (Å²) in [5.74, 6) is 2.10. The van der Waals surface area contributed by atoms with E-state index in [2.05, 4.69) is 10.6 Å². The monoisotopic (exact) mass is 547 g/mol. The van der Waals surface area contributed by atoms with Crippen molar-refractivity contribution >= 4 is 40.9 Å². The number of hydrogen-bond donors (Lipinski definition) is 2. The Morgan fingerprint density at radius 1 is 1.08 bits per heavy atom. The molecule has 1 amide bonds. The van der Waals surface area contributed by atoms with Crippen LogP contribution in [0.1, 0.15) is 24.1 Å². The summed E-state index contributed by atoms with van der Waals surface area (Å²) in [5, 5.41) is 12.3. The fraction of sp³-hybridized carbons (Fsp3) is 0.179. The lowest BCUT2D eigenvalue weighted by molar-refractivity contribution is -0.113. The summed E-state index contributed by atoms with van der Waals surface area (Å²) in [6, 6.07) is 21.9. The number of anilines is 2. The van der Waals surface area contributed by atoms with Crippen LogP contribution in [0.25, 0.3) is 0 Å². The van der Waals surface area contributed by atoms with Crippen molar-refractivity contribution in [2.75, 3.05) is 24.9 Å². The van der Waals surface area contributed by atoms with Crippen LogP contribution in [-0.4, -0.2) is 34.9 Å². The van der Waals surface area contributed by atoms with Crippen molar-refractivity contribution < 1.29 is 14.3 Å². The first-order valence-electron chi connectivity index (χ1n) is 11.9. The number of fused-ring (bicyclic) bond motifs is 1. The summed E-state index contributed by atoms with van der Waals surface area (Å²) in [6.07, 6.45) is 0. The maximum atomic E-state index is 13.7. The Balaban J connectivity index is 1.55. The van der Waals surface area contributed by atoms with Gasteiger partial charge in [-0.25, -0.2) is 4.68 Å². The van der Waals surface area contributed by atoms with E-state index >= 15 is 0 Å². The van der Waals surface area contributed by atoms with Crippen LogP contribution >= 0.6 is 23.4 Å². The van der Waals surface area contributed by atoms with Crippen LogP contribution in [0, 0.1) is 0 Å². The number of thioether (sulfide) groups is 1. The number of allylic oxidation sites excluding steroid dienone is 1. The summed E-state index contributed by atoms with van der Waals surface area (Å²) in [6.45, 7) is 1.86. The van der Waals surface area contributed by atoms with Crippen molar-refractivity contribution in [3.8, 4) is 11.5 Å². The summed E-state index contributed by atoms with van der Waals surface area (Å²) in [7, 11) is 3.19. The number of carbonyl (C=O) groups is 1. The average molecular weight is 548 g/mol. The molecule has 2 N–H and O–H groups in total. The molecule has 0 fully saturated rings. The molecule has 194 valence electrons. The smallest absolute Gasteiger partial charge is 0.255 e. The molecular formula is C28H26ClN5O3S. The van der Waals surface area contributed by atoms with E-state index in [9.17, 15) is 4.79 Å². The Morgan fingerprint density at radius 3 is 2.58 bits per heavy atom. The van der Waals surface area contributed by atoms with Crippen LogP contribution in [-0.2, 0) is 10.5 Å². The lowest BCUT2D eigenvalue weighted by Crippen LogP contribution is -2.31. The minimum atomic E-state index is -0.599. The Bertz CT molecular complexity index is 1510. The number of halogens is 1. The number of aromatic nitrogens is 3. The Kier molecular flexibility index (Phi) is 7.57. The molecular weight excluding hydrogens is 522 g/mol. The number of nitrogens with one attached hydrogen (secondary N) is 2. The van der Waals surface area contributed by atoms with Gasteiger partial charge in [-0.2, -0.15) is 4.98 Å². The largest absolute Gasteiger partial charge is 0.497 e. The molecule has 2 heterocycles. The van der Waals surface area contributed by atoms with Gasteiger partial charge in [0.1, 0.15) is 17.5 Å². The van der Waals surface area contributed by atoms with Gasteiger partial charge in [0.05, 0.1) is 19.8 Å². The summed E-state index contributed by atoms with van der Waals surface area (Å²) < 4.78 is 12.9. The molecule has 38 heavy (non-hydrogen) atoms. The van der Waals surface area contributed by atoms with Gasteiger partial charge in [0.15, 0.2) is 0 Å². The lowest BCUT2D eigenvalue weighted by Gasteiger charge is -2.29. The van der Waals surface area contributed by atoms with Gasteiger partial charge in [-0.1, -0.05) is 59.8 Å². The van der Waals surface area contributed by atoms with Gasteiger partial charge in [-0.15, -0.1) is 5.10 Å². The molecule has 0 bridgehead atoms. The van der Waals surface area contributed by atoms with E-state index in [1.165, 1.54) is 11.8 Å². The minimum Gasteiger partial charge on any atom is -0.497 e. The average Bonchev–Trinajstić information content (AvgIpc) is 3.34. The van der Waals surface area contributed by atoms with E-state index < -0.39 is 6.04 Å². The van der Waals surface area contributed by atoms with Crippen LogP contribution in [0.15, 0.2) is 89.2 Å². The number of rotatable bonds is 8. The highest BCUT2D eigenvalue weighted by atomic mass is 35.5. The first-order chi connectivity index (χ1) is 18.5. The number of hydrogen-bond acceptors (Lipinski definition) is 7. The van der Waals surface area contributed by atoms with Gasteiger partial charge in [-0.3, -0.25) is 4.79 Å². The first kappa shape index (κ1) is 25.7. The fourth-order valence-electron chi connectivity index (χ4n) is 4.30. The standard InChI is InChI=1S/C28H26ClN5O3S/c1-17-24(26(35)31-19-10-5-4-6-11-19)25(21-14-13-20(36-2)15-23(21)37-3)34-27(30-17)32-28(33-34)38-16-18-9-7-8-12-22(18)29/h4-15,25H,16H2,1-3H3,(H,31,35)(H,30,32,33). The Hall–Kier alpha value is -3.95. The maximum absolute atomic E-state index is 13.7. The van der Waals surface area contributed by atoms with Gasteiger partial charge < -0.3 is 20.1 Å². The highest BCUT2D eigenvalue weighted by molar-refractivity contribution is 7.98. The van der Waals surface area contributed by atoms with Crippen molar-refractivity contribution in [1.29, 1.82) is 0 Å². The van der Waals surface area contributed by atoms with Crippen molar-refractivity contribution in [3.63, 3.8) is 0 Å². The van der Waals surface area contributed by atoms with Crippen LogP contribution in [0.4, 0.5) is 11.6 Å². The second-order valence-corrected chi connectivity index (χ2v) is 9.89. The van der Waals surface area contributed by atoms with Crippen molar-refractivity contribution in [1.82, 2.24) is 14.8 Å². The van der Waals surface area contributed by atoms with E-state index in [4.69, 9.17) is 31.2 Å². The third-order valence-electron chi connectivity index (χ3n) is 6.16. The molecule has 1 atom stereocenters. The SMILES string of the molecule is COc1ccc(C2C(C(=O)Nc3ccccc3)=C(C)Nc3nc(SCc4ccccc4Cl)nn32)c(OC)c1. The van der Waals surface area contributed by atoms with Gasteiger partial charge >= 0.3 is 0 Å². The zero-order valence-corrected chi connectivity index (χ0v) is 22.6. The number of para-hydroxylation sites is 1. The molecule has 0 radical (unpaired) electrons. The number of nitrogens with zero attached hydrogens (tertiary/aromatic N) is 3. The van der Waals surface area contributed by atoms with Crippen LogP contribution in [0.3, 0.4) is 0 Å². The predicted molar refractivity (Wildman–Crippen MR) is 150 cm³/mol. The quantitative estimate of drug-likeness (QED) is 0.255. The normalized spacial score (nSPS) is 14.5. The van der Waals surface area contributed by atoms with E-state index in [-0.39, 0.29) is 5.91 Å². The second-order valence-electron chi connectivity index (χ2n) is 8.54. The van der Waals surface area contributed by atoms with Crippen molar-refractivity contribution in [3.05, 3.63) is 100 Å². The molecule has 0 saturated carbocycles. The molecule has 1 aliphatic heterocycles. The number of methoxy groups -OCH3 is 2. The number of benzene rings is 3. The molecule has 8 nitrogen and oxygen atoms in total. The van der Waals surface area contributed by atoms with E-state index in [0.29, 0.717) is 50.3 Å². The van der Waals surface area contributed by atoms with E-state index in [1.807, 2.05) is 73.7 Å². The van der Waals surface area contributed by atoms with Crippen molar-refractivity contribution in [2.24, 2.45) is 0 Å². The zero-order chi connectivity index (χ0) is 26.6. The van der Waals surface area contributed by atoms with E-state index in [0.717, 1.165) is 11.1 Å². The topological polar surface area (TPSA) is 90.3 Å². The lowest BCUT2D eigenvalue weighted by atomic mass is 9.94. The summed E-state index contributed by atoms with van der Waals surface area (Å²) >= 11 is 7.82. The molecule has 3 aromatic carbocycles. The number of amides is 1. The zero-order valence-electron chi connectivity index (χ0n) is 21.1. The third kappa shape index (κ3) is 5.20. The maximum Gasteiger partial charge on any atom is 0.255 e. The molecule has 1 aromatic heterocycles. The van der Waals surface area contributed by atoms with Crippen LogP contribution in [0.2, 0.25) is 5.02 Å². The number of carbonyl (C=O) groups excluding carboxylic acids is 1. The van der Waals surface area contributed by atoms with E-state index in [1.54, 1.807) is 25.0 Å². The predicted octanol–water partition coefficient (Wildman–Crippen LogP) is 6.17.